The van der Waals surface area contributed by atoms with Crippen molar-refractivity contribution in [3.63, 3.8) is 0 Å². The number of ether oxygens (including phenoxy) is 2. The maximum Gasteiger partial charge on any atom is 0.317 e. The maximum absolute atomic E-state index is 13.0. The van der Waals surface area contributed by atoms with Gasteiger partial charge >= 0.3 is 11.9 Å². The van der Waals surface area contributed by atoms with Crippen molar-refractivity contribution < 1.29 is 29.0 Å². The van der Waals surface area contributed by atoms with Gasteiger partial charge in [-0.15, -0.1) is 0 Å². The van der Waals surface area contributed by atoms with Crippen LogP contribution in [0.1, 0.15) is 52.7 Å². The molecule has 0 spiro atoms. The van der Waals surface area contributed by atoms with E-state index in [2.05, 4.69) is 4.98 Å². The van der Waals surface area contributed by atoms with Crippen LogP contribution < -0.4 is 0 Å². The van der Waals surface area contributed by atoms with Gasteiger partial charge in [0.2, 0.25) is 0 Å². The Morgan fingerprint density at radius 3 is 2.24 bits per heavy atom. The first-order valence-corrected chi connectivity index (χ1v) is 10.0. The highest BCUT2D eigenvalue weighted by atomic mass is 16.5. The SMILES string of the molecule is CC(C)COC(=O)C1C(=O)CC(C)(O)C(C(=O)OCC(C)C)C1c1ccccn1. The Labute approximate surface area is 171 Å². The summed E-state index contributed by atoms with van der Waals surface area (Å²) in [5.41, 5.74) is -1.29. The summed E-state index contributed by atoms with van der Waals surface area (Å²) in [6.45, 7) is 9.35. The first-order valence-electron chi connectivity index (χ1n) is 10.0. The van der Waals surface area contributed by atoms with Crippen molar-refractivity contribution in [3.8, 4) is 0 Å². The number of aromatic nitrogens is 1. The van der Waals surface area contributed by atoms with Crippen LogP contribution in [-0.4, -0.2) is 46.6 Å². The highest BCUT2D eigenvalue weighted by Gasteiger charge is 2.57. The molecule has 0 aromatic carbocycles. The lowest BCUT2D eigenvalue weighted by atomic mass is 9.62. The Morgan fingerprint density at radius 2 is 1.72 bits per heavy atom. The first-order chi connectivity index (χ1) is 13.5. The van der Waals surface area contributed by atoms with E-state index < -0.39 is 41.1 Å². The summed E-state index contributed by atoms with van der Waals surface area (Å²) in [5.74, 6) is -4.91. The van der Waals surface area contributed by atoms with Crippen molar-refractivity contribution >= 4 is 17.7 Å². The van der Waals surface area contributed by atoms with E-state index in [0.29, 0.717) is 5.69 Å². The minimum absolute atomic E-state index is 0.0980. The highest BCUT2D eigenvalue weighted by Crippen LogP contribution is 2.46. The van der Waals surface area contributed by atoms with Gasteiger partial charge in [-0.1, -0.05) is 33.8 Å². The minimum atomic E-state index is -1.66. The fraction of sp³-hybridized carbons (Fsp3) is 0.636. The van der Waals surface area contributed by atoms with Crippen LogP contribution in [-0.2, 0) is 23.9 Å². The van der Waals surface area contributed by atoms with E-state index in [1.807, 2.05) is 27.7 Å². The normalized spacial score (nSPS) is 27.2. The van der Waals surface area contributed by atoms with E-state index in [1.165, 1.54) is 13.1 Å². The average Bonchev–Trinajstić information content (AvgIpc) is 2.63. The molecule has 1 aliphatic carbocycles. The molecule has 0 radical (unpaired) electrons. The maximum atomic E-state index is 13.0. The van der Waals surface area contributed by atoms with Crippen LogP contribution in [0.15, 0.2) is 24.4 Å². The van der Waals surface area contributed by atoms with Gasteiger partial charge in [-0.25, -0.2) is 0 Å². The molecule has 29 heavy (non-hydrogen) atoms. The van der Waals surface area contributed by atoms with E-state index in [-0.39, 0.29) is 31.5 Å². The van der Waals surface area contributed by atoms with E-state index in [1.54, 1.807) is 18.2 Å². The molecule has 1 aliphatic rings. The second-order valence-corrected chi connectivity index (χ2v) is 8.78. The molecular formula is C22H31NO6. The monoisotopic (exact) mass is 405 g/mol. The fourth-order valence-corrected chi connectivity index (χ4v) is 3.62. The number of carbonyl (C=O) groups excluding carboxylic acids is 3. The molecule has 1 aromatic heterocycles. The number of aliphatic hydroxyl groups is 1. The molecule has 0 saturated heterocycles. The van der Waals surface area contributed by atoms with Gasteiger partial charge in [0.1, 0.15) is 5.92 Å². The number of hydrogen-bond acceptors (Lipinski definition) is 7. The van der Waals surface area contributed by atoms with Crippen molar-refractivity contribution in [1.29, 1.82) is 0 Å². The summed E-state index contributed by atoms with van der Waals surface area (Å²) in [4.78, 5) is 43.0. The molecule has 1 heterocycles. The highest BCUT2D eigenvalue weighted by molar-refractivity contribution is 6.02. The first kappa shape index (κ1) is 23.0. The lowest BCUT2D eigenvalue weighted by Crippen LogP contribution is -2.55. The Bertz CT molecular complexity index is 728. The number of carbonyl (C=O) groups is 3. The molecule has 4 atom stereocenters. The predicted octanol–water partition coefficient (Wildman–Crippen LogP) is 2.52. The van der Waals surface area contributed by atoms with E-state index in [4.69, 9.17) is 9.47 Å². The molecular weight excluding hydrogens is 374 g/mol. The van der Waals surface area contributed by atoms with Gasteiger partial charge in [0.15, 0.2) is 5.78 Å². The van der Waals surface area contributed by atoms with Gasteiger partial charge in [-0.05, 0) is 30.9 Å². The van der Waals surface area contributed by atoms with Gasteiger partial charge in [0.25, 0.3) is 0 Å². The molecule has 7 nitrogen and oxygen atoms in total. The van der Waals surface area contributed by atoms with Gasteiger partial charge < -0.3 is 14.6 Å². The standard InChI is InChI=1S/C22H31NO6/c1-13(2)11-28-20(25)18-16(24)10-22(5,27)19(21(26)29-12-14(3)4)17(18)15-8-6-7-9-23-15/h6-9,13-14,17-19,27H,10-12H2,1-5H3. The minimum Gasteiger partial charge on any atom is -0.465 e. The fourth-order valence-electron chi connectivity index (χ4n) is 3.62. The van der Waals surface area contributed by atoms with Crippen LogP contribution in [0.5, 0.6) is 0 Å². The number of esters is 2. The Kier molecular flexibility index (Phi) is 7.52. The molecule has 1 fully saturated rings. The van der Waals surface area contributed by atoms with Crippen LogP contribution in [0.4, 0.5) is 0 Å². The summed E-state index contributed by atoms with van der Waals surface area (Å²) in [7, 11) is 0. The second-order valence-electron chi connectivity index (χ2n) is 8.78. The molecule has 2 rings (SSSR count). The van der Waals surface area contributed by atoms with Gasteiger partial charge in [0.05, 0.1) is 24.7 Å². The lowest BCUT2D eigenvalue weighted by Gasteiger charge is -2.43. The molecule has 1 aromatic rings. The van der Waals surface area contributed by atoms with Crippen LogP contribution in [0.3, 0.4) is 0 Å². The van der Waals surface area contributed by atoms with Gasteiger partial charge in [0, 0.05) is 24.2 Å². The largest absolute Gasteiger partial charge is 0.465 e. The quantitative estimate of drug-likeness (QED) is 0.549. The Balaban J connectivity index is 2.47. The molecule has 0 bridgehead atoms. The van der Waals surface area contributed by atoms with Crippen molar-refractivity contribution in [2.75, 3.05) is 13.2 Å². The number of Topliss-reactive ketones (excluding diaryl/α,β-unsaturated/α-hetero) is 1. The average molecular weight is 405 g/mol. The van der Waals surface area contributed by atoms with Crippen LogP contribution in [0.25, 0.3) is 0 Å². The van der Waals surface area contributed by atoms with Crippen molar-refractivity contribution in [2.24, 2.45) is 23.7 Å². The summed E-state index contributed by atoms with van der Waals surface area (Å²) in [6.07, 6.45) is 1.19. The van der Waals surface area contributed by atoms with Crippen LogP contribution in [0, 0.1) is 23.7 Å². The molecule has 160 valence electrons. The van der Waals surface area contributed by atoms with Gasteiger partial charge in [-0.3, -0.25) is 19.4 Å². The van der Waals surface area contributed by atoms with Crippen LogP contribution in [0.2, 0.25) is 0 Å². The van der Waals surface area contributed by atoms with Crippen molar-refractivity contribution in [1.82, 2.24) is 4.98 Å². The van der Waals surface area contributed by atoms with Crippen molar-refractivity contribution in [3.05, 3.63) is 30.1 Å². The number of pyridine rings is 1. The molecule has 4 unspecified atom stereocenters. The zero-order valence-corrected chi connectivity index (χ0v) is 17.8. The Morgan fingerprint density at radius 1 is 1.14 bits per heavy atom. The predicted molar refractivity (Wildman–Crippen MR) is 106 cm³/mol. The topological polar surface area (TPSA) is 103 Å². The number of rotatable bonds is 7. The third kappa shape index (κ3) is 5.63. The molecule has 1 saturated carbocycles. The summed E-state index contributed by atoms with van der Waals surface area (Å²) in [6, 6.07) is 5.05. The zero-order chi connectivity index (χ0) is 21.8. The Hall–Kier alpha value is -2.28. The molecule has 7 heteroatoms. The number of ketones is 1. The van der Waals surface area contributed by atoms with Crippen molar-refractivity contribution in [2.45, 2.75) is 52.6 Å². The smallest absolute Gasteiger partial charge is 0.317 e. The van der Waals surface area contributed by atoms with Gasteiger partial charge in [-0.2, -0.15) is 0 Å². The summed E-state index contributed by atoms with van der Waals surface area (Å²) in [5, 5.41) is 11.0. The summed E-state index contributed by atoms with van der Waals surface area (Å²) >= 11 is 0. The lowest BCUT2D eigenvalue weighted by molar-refractivity contribution is -0.174. The van der Waals surface area contributed by atoms with E-state index in [0.717, 1.165) is 0 Å². The van der Waals surface area contributed by atoms with E-state index in [9.17, 15) is 19.5 Å². The zero-order valence-electron chi connectivity index (χ0n) is 17.8. The van der Waals surface area contributed by atoms with Crippen LogP contribution >= 0.6 is 0 Å². The van der Waals surface area contributed by atoms with E-state index >= 15 is 0 Å². The molecule has 0 amide bonds. The second kappa shape index (κ2) is 9.48. The third-order valence-electron chi connectivity index (χ3n) is 4.92. The molecule has 1 N–H and O–H groups in total. The number of hydrogen-bond donors (Lipinski definition) is 1. The molecule has 0 aliphatic heterocycles. The third-order valence-corrected chi connectivity index (χ3v) is 4.92. The number of nitrogens with zero attached hydrogens (tertiary/aromatic N) is 1. The summed E-state index contributed by atoms with van der Waals surface area (Å²) < 4.78 is 10.7.